The molecule has 2 aromatic rings. The smallest absolute Gasteiger partial charge is 0.344 e. The van der Waals surface area contributed by atoms with Crippen molar-refractivity contribution in [3.63, 3.8) is 0 Å². The van der Waals surface area contributed by atoms with Crippen molar-refractivity contribution in [2.45, 2.75) is 13.0 Å². The van der Waals surface area contributed by atoms with Gasteiger partial charge in [0.15, 0.2) is 5.56 Å². The number of anilines is 1. The second-order valence-corrected chi connectivity index (χ2v) is 7.85. The predicted molar refractivity (Wildman–Crippen MR) is 117 cm³/mol. The number of halogens is 3. The average Bonchev–Trinajstić information content (AvgIpc) is 3.15. The molecule has 0 saturated heterocycles. The van der Waals surface area contributed by atoms with Crippen molar-refractivity contribution in [2.24, 2.45) is 0 Å². The van der Waals surface area contributed by atoms with E-state index < -0.39 is 40.8 Å². The number of rotatable bonds is 13. The highest BCUT2D eigenvalue weighted by molar-refractivity contribution is 7.11. The number of aliphatic hydroxyl groups is 2. The molecule has 33 heavy (non-hydrogen) atoms. The molecule has 1 aromatic carbocycles. The highest BCUT2D eigenvalue weighted by atomic mass is 35.5. The molecule has 10 nitrogen and oxygen atoms in total. The number of nitrogens with one attached hydrogen (secondary N) is 2. The van der Waals surface area contributed by atoms with E-state index in [0.29, 0.717) is 37.6 Å². The molecule has 0 spiro atoms. The molecule has 0 atom stereocenters. The molecule has 5 N–H and O–H groups in total. The fourth-order valence-corrected chi connectivity index (χ4v) is 3.61. The Morgan fingerprint density at radius 3 is 2.48 bits per heavy atom. The lowest BCUT2D eigenvalue weighted by molar-refractivity contribution is 0.0693. The lowest BCUT2D eigenvalue weighted by Gasteiger charge is -2.19. The number of carboxylic acid groups (broad SMARTS) is 1. The van der Waals surface area contributed by atoms with Gasteiger partial charge in [-0.25, -0.2) is 18.4 Å². The number of benzene rings is 1. The fraction of sp³-hybridized carbons (Fsp3) is 0.421. The second-order valence-electron chi connectivity index (χ2n) is 6.67. The summed E-state index contributed by atoms with van der Waals surface area (Å²) in [6.45, 7) is 0.958. The van der Waals surface area contributed by atoms with Gasteiger partial charge in [0.05, 0.1) is 18.2 Å². The van der Waals surface area contributed by atoms with Crippen molar-refractivity contribution in [3.05, 3.63) is 39.9 Å². The molecule has 0 radical (unpaired) electrons. The highest BCUT2D eigenvalue weighted by Gasteiger charge is 2.24. The van der Waals surface area contributed by atoms with E-state index in [-0.39, 0.29) is 36.2 Å². The number of amides is 2. The zero-order valence-electron chi connectivity index (χ0n) is 17.3. The number of hydrogen-bond donors (Lipinski definition) is 5. The summed E-state index contributed by atoms with van der Waals surface area (Å²) in [5.74, 6) is -3.48. The summed E-state index contributed by atoms with van der Waals surface area (Å²) in [6.07, 6.45) is 0.527. The van der Waals surface area contributed by atoms with Crippen molar-refractivity contribution in [1.82, 2.24) is 14.6 Å². The second kappa shape index (κ2) is 13.2. The van der Waals surface area contributed by atoms with Crippen LogP contribution in [0.2, 0.25) is 5.02 Å². The first-order chi connectivity index (χ1) is 15.8. The predicted octanol–water partition coefficient (Wildman–Crippen LogP) is 2.15. The van der Waals surface area contributed by atoms with Crippen LogP contribution in [0.15, 0.2) is 12.1 Å². The minimum Gasteiger partial charge on any atom is -0.477 e. The number of hydrogen-bond acceptors (Lipinski definition) is 8. The summed E-state index contributed by atoms with van der Waals surface area (Å²) in [7, 11) is 0. The Labute approximate surface area is 196 Å². The monoisotopic (exact) mass is 508 g/mol. The van der Waals surface area contributed by atoms with Gasteiger partial charge in [0.2, 0.25) is 5.88 Å². The van der Waals surface area contributed by atoms with E-state index >= 15 is 0 Å². The largest absolute Gasteiger partial charge is 0.477 e. The average molecular weight is 509 g/mol. The molecule has 2 amide bonds. The van der Waals surface area contributed by atoms with Crippen molar-refractivity contribution < 1.29 is 38.4 Å². The molecule has 0 aliphatic rings. The summed E-state index contributed by atoms with van der Waals surface area (Å²) in [4.78, 5) is 25.6. The number of carbonyl (C=O) groups is 2. The number of ether oxygens (including phenoxy) is 1. The van der Waals surface area contributed by atoms with Crippen LogP contribution < -0.4 is 15.4 Å². The maximum Gasteiger partial charge on any atom is 0.344 e. The van der Waals surface area contributed by atoms with Gasteiger partial charge < -0.3 is 25.4 Å². The van der Waals surface area contributed by atoms with Gasteiger partial charge in [0.25, 0.3) is 0 Å². The van der Waals surface area contributed by atoms with Gasteiger partial charge >= 0.3 is 12.0 Å². The quantitative estimate of drug-likeness (QED) is 0.204. The van der Waals surface area contributed by atoms with Gasteiger partial charge in [-0.2, -0.15) is 4.37 Å². The number of aromatic nitrogens is 1. The Hall–Kier alpha value is -2.58. The van der Waals surface area contributed by atoms with Crippen LogP contribution in [0.1, 0.15) is 22.3 Å². The number of urea groups is 1. The van der Waals surface area contributed by atoms with Crippen LogP contribution >= 0.6 is 23.1 Å². The maximum atomic E-state index is 13.9. The first kappa shape index (κ1) is 26.7. The topological polar surface area (TPSA) is 144 Å². The minimum absolute atomic E-state index is 0.0543. The summed E-state index contributed by atoms with van der Waals surface area (Å²) in [6, 6.07) is 0.937. The van der Waals surface area contributed by atoms with Crippen LogP contribution in [0.25, 0.3) is 0 Å². The zero-order valence-corrected chi connectivity index (χ0v) is 18.9. The number of carbonyl (C=O) groups excluding carboxylic acids is 1. The van der Waals surface area contributed by atoms with Gasteiger partial charge in [-0.3, -0.25) is 10.2 Å². The minimum atomic E-state index is -1.43. The Morgan fingerprint density at radius 2 is 1.85 bits per heavy atom. The Morgan fingerprint density at radius 1 is 1.15 bits per heavy atom. The summed E-state index contributed by atoms with van der Waals surface area (Å²) < 4.78 is 36.5. The molecular formula is C19H23ClF2N4O6S. The Kier molecular flexibility index (Phi) is 10.7. The maximum absolute atomic E-state index is 13.9. The molecule has 1 aromatic heterocycles. The van der Waals surface area contributed by atoms with Gasteiger partial charge in [0, 0.05) is 25.2 Å². The molecule has 0 aliphatic heterocycles. The van der Waals surface area contributed by atoms with Crippen molar-refractivity contribution in [2.75, 3.05) is 44.7 Å². The molecule has 0 saturated carbocycles. The third kappa shape index (κ3) is 8.05. The fourth-order valence-electron chi connectivity index (χ4n) is 2.74. The number of aromatic carboxylic acids is 1. The molecule has 0 fully saturated rings. The van der Waals surface area contributed by atoms with Crippen LogP contribution in [-0.2, 0) is 6.61 Å². The Bertz CT molecular complexity index is 959. The molecular weight excluding hydrogens is 486 g/mol. The summed E-state index contributed by atoms with van der Waals surface area (Å²) >= 11 is 6.15. The van der Waals surface area contributed by atoms with Crippen LogP contribution in [0.5, 0.6) is 5.88 Å². The van der Waals surface area contributed by atoms with E-state index in [2.05, 4.69) is 15.0 Å². The van der Waals surface area contributed by atoms with E-state index in [1.165, 1.54) is 0 Å². The standard InChI is InChI=1S/C19H23ClF2N4O6S/c20-12-9-13(21)11(8-14(12)22)10-32-16-15(18(29)30)17(33-25-16)24-19(31)23-2-1-3-26(4-6-27)5-7-28/h8-9,27-28H,1-7,10H2,(H,29,30)(H2,23,24,31). The SMILES string of the molecule is O=C(NCCCN(CCO)CCO)Nc1snc(OCc2cc(F)c(Cl)cc2F)c1C(=O)O. The zero-order chi connectivity index (χ0) is 24.4. The number of carboxylic acids is 1. The number of nitrogens with zero attached hydrogens (tertiary/aromatic N) is 2. The molecule has 182 valence electrons. The van der Waals surface area contributed by atoms with E-state index in [0.717, 1.165) is 12.1 Å². The van der Waals surface area contributed by atoms with Gasteiger partial charge in [-0.1, -0.05) is 11.6 Å². The van der Waals surface area contributed by atoms with Gasteiger partial charge in [-0.15, -0.1) is 0 Å². The first-order valence-electron chi connectivity index (χ1n) is 9.74. The third-order valence-corrected chi connectivity index (χ3v) is 5.36. The van der Waals surface area contributed by atoms with Gasteiger partial charge in [-0.05, 0) is 36.6 Å². The molecule has 0 unspecified atom stereocenters. The molecule has 0 aliphatic carbocycles. The third-order valence-electron chi connectivity index (χ3n) is 4.32. The van der Waals surface area contributed by atoms with E-state index in [1.807, 2.05) is 4.90 Å². The van der Waals surface area contributed by atoms with E-state index in [1.54, 1.807) is 0 Å². The number of aliphatic hydroxyl groups excluding tert-OH is 2. The van der Waals surface area contributed by atoms with Crippen LogP contribution in [0, 0.1) is 11.6 Å². The van der Waals surface area contributed by atoms with Crippen LogP contribution in [0.3, 0.4) is 0 Å². The molecule has 2 rings (SSSR count). The van der Waals surface area contributed by atoms with Crippen molar-refractivity contribution in [3.8, 4) is 5.88 Å². The first-order valence-corrected chi connectivity index (χ1v) is 10.9. The lowest BCUT2D eigenvalue weighted by atomic mass is 10.2. The Balaban J connectivity index is 1.94. The summed E-state index contributed by atoms with van der Waals surface area (Å²) in [5, 5.41) is 31.9. The van der Waals surface area contributed by atoms with Crippen LogP contribution in [-0.4, -0.2) is 76.0 Å². The van der Waals surface area contributed by atoms with Crippen molar-refractivity contribution in [1.29, 1.82) is 0 Å². The summed E-state index contributed by atoms with van der Waals surface area (Å²) in [5.41, 5.74) is -0.619. The van der Waals surface area contributed by atoms with E-state index in [9.17, 15) is 23.5 Å². The van der Waals surface area contributed by atoms with E-state index in [4.69, 9.17) is 26.6 Å². The molecule has 0 bridgehead atoms. The van der Waals surface area contributed by atoms with Crippen molar-refractivity contribution >= 4 is 40.1 Å². The molecule has 14 heteroatoms. The van der Waals surface area contributed by atoms with Crippen LogP contribution in [0.4, 0.5) is 18.6 Å². The lowest BCUT2D eigenvalue weighted by Crippen LogP contribution is -2.34. The normalized spacial score (nSPS) is 11.0. The van der Waals surface area contributed by atoms with Gasteiger partial charge in [0.1, 0.15) is 23.2 Å². The highest BCUT2D eigenvalue weighted by Crippen LogP contribution is 2.31. The molecule has 1 heterocycles.